The summed E-state index contributed by atoms with van der Waals surface area (Å²) in [6.45, 7) is 1.56. The fourth-order valence-corrected chi connectivity index (χ4v) is 6.63. The first-order chi connectivity index (χ1) is 21.5. The minimum Gasteiger partial charge on any atom is -0.502 e. The maximum Gasteiger partial charge on any atom is 0.204 e. The molecule has 44 heavy (non-hydrogen) atoms. The summed E-state index contributed by atoms with van der Waals surface area (Å²) in [5.41, 5.74) is 7.23. The Labute approximate surface area is 257 Å². The number of methoxy groups -OCH3 is 3. The van der Waals surface area contributed by atoms with E-state index in [1.54, 1.807) is 21.3 Å². The fourth-order valence-electron chi connectivity index (χ4n) is 6.63. The summed E-state index contributed by atoms with van der Waals surface area (Å²) >= 11 is 0. The van der Waals surface area contributed by atoms with Crippen molar-refractivity contribution in [2.24, 2.45) is 4.99 Å². The van der Waals surface area contributed by atoms with Crippen LogP contribution in [0.25, 0.3) is 0 Å². The van der Waals surface area contributed by atoms with Crippen LogP contribution in [0.1, 0.15) is 39.4 Å². The number of likely N-dealkylation sites (N-methyl/N-ethyl adjacent to an activating group) is 1. The van der Waals surface area contributed by atoms with Crippen molar-refractivity contribution in [2.75, 3.05) is 41.5 Å². The van der Waals surface area contributed by atoms with E-state index in [1.165, 1.54) is 5.56 Å². The number of hydrogen-bond acceptors (Lipinski definition) is 8. The molecular weight excluding hydrogens is 556 g/mol. The molecular formula is C36H36N2O6. The number of aliphatic imine (C=N–C) groups is 1. The van der Waals surface area contributed by atoms with Crippen LogP contribution in [0.3, 0.4) is 0 Å². The van der Waals surface area contributed by atoms with Gasteiger partial charge < -0.3 is 28.8 Å². The zero-order valence-corrected chi connectivity index (χ0v) is 25.5. The highest BCUT2D eigenvalue weighted by molar-refractivity contribution is 6.07. The average Bonchev–Trinajstić information content (AvgIpc) is 3.04. The van der Waals surface area contributed by atoms with E-state index in [0.29, 0.717) is 53.2 Å². The minimum absolute atomic E-state index is 0.0274. The molecule has 0 saturated carbocycles. The van der Waals surface area contributed by atoms with Crippen LogP contribution in [-0.2, 0) is 25.7 Å². The zero-order valence-electron chi connectivity index (χ0n) is 25.5. The molecule has 6 heterocycles. The van der Waals surface area contributed by atoms with E-state index in [9.17, 15) is 5.11 Å². The second kappa shape index (κ2) is 11.4. The van der Waals surface area contributed by atoms with Crippen molar-refractivity contribution in [3.8, 4) is 46.0 Å². The number of ether oxygens (including phenoxy) is 5. The van der Waals surface area contributed by atoms with Crippen molar-refractivity contribution in [1.29, 1.82) is 0 Å². The van der Waals surface area contributed by atoms with Crippen molar-refractivity contribution in [3.05, 3.63) is 94.0 Å². The number of benzene rings is 4. The SMILES string of the molecule is COc1cc2c3c(c1O)Oc1ccc(cc1)C[C@@H]1c4c(cc(OC)c(OC)c4Oc4ccc(cc4)CC3=NCC2)CCN1C. The van der Waals surface area contributed by atoms with Crippen molar-refractivity contribution < 1.29 is 28.8 Å². The predicted molar refractivity (Wildman–Crippen MR) is 169 cm³/mol. The van der Waals surface area contributed by atoms with Gasteiger partial charge in [-0.2, -0.15) is 0 Å². The number of aromatic hydroxyl groups is 1. The lowest BCUT2D eigenvalue weighted by molar-refractivity contribution is 0.221. The lowest BCUT2D eigenvalue weighted by Gasteiger charge is -2.36. The Kier molecular flexibility index (Phi) is 7.30. The normalized spacial score (nSPS) is 17.3. The summed E-state index contributed by atoms with van der Waals surface area (Å²) in [5, 5.41) is 11.3. The van der Waals surface area contributed by atoms with Crippen LogP contribution >= 0.6 is 0 Å². The van der Waals surface area contributed by atoms with E-state index in [1.807, 2.05) is 30.3 Å². The van der Waals surface area contributed by atoms with Crippen LogP contribution in [0.15, 0.2) is 65.7 Å². The molecule has 1 N–H and O–H groups in total. The second-order valence-electron chi connectivity index (χ2n) is 11.5. The van der Waals surface area contributed by atoms with Crippen molar-refractivity contribution in [1.82, 2.24) is 4.90 Å². The molecule has 4 bridgehead atoms. The van der Waals surface area contributed by atoms with Gasteiger partial charge in [0.05, 0.1) is 27.0 Å². The van der Waals surface area contributed by atoms with E-state index >= 15 is 0 Å². The zero-order chi connectivity index (χ0) is 30.4. The van der Waals surface area contributed by atoms with E-state index < -0.39 is 0 Å². The Morgan fingerprint density at radius 1 is 0.795 bits per heavy atom. The minimum atomic E-state index is -0.0274. The molecule has 10 rings (SSSR count). The first-order valence-electron chi connectivity index (χ1n) is 15.0. The number of phenolic OH excluding ortho intramolecular Hbond substituents is 1. The molecule has 6 aliphatic rings. The highest BCUT2D eigenvalue weighted by Crippen LogP contribution is 2.50. The Balaban J connectivity index is 1.40. The highest BCUT2D eigenvalue weighted by Gasteiger charge is 2.33. The molecule has 8 heteroatoms. The molecule has 4 aromatic rings. The smallest absolute Gasteiger partial charge is 0.204 e. The standard InChI is InChI=1S/C36H36N2O6/c1-38-16-14-24-20-30(41-3)34(42-4)36-32(24)28(38)18-22-7-11-25(12-8-22)43-35-31-23(19-29(40-2)33(35)39)13-15-37-27(31)17-21-5-9-26(44-36)10-6-21/h5-12,19-20,28,39H,13-18H2,1-4H3/t28-/m1/s1. The molecule has 0 spiro atoms. The average molecular weight is 593 g/mol. The fraction of sp³-hybridized carbons (Fsp3) is 0.306. The van der Waals surface area contributed by atoms with Gasteiger partial charge in [-0.25, -0.2) is 0 Å². The molecule has 6 aliphatic heterocycles. The summed E-state index contributed by atoms with van der Waals surface area (Å²) < 4.78 is 30.4. The third kappa shape index (κ3) is 4.89. The van der Waals surface area contributed by atoms with Crippen LogP contribution < -0.4 is 23.7 Å². The van der Waals surface area contributed by atoms with Gasteiger partial charge >= 0.3 is 0 Å². The topological polar surface area (TPSA) is 82.0 Å². The Bertz CT molecular complexity index is 1750. The molecule has 1 atom stereocenters. The van der Waals surface area contributed by atoms with Crippen LogP contribution in [0.2, 0.25) is 0 Å². The van der Waals surface area contributed by atoms with Gasteiger partial charge in [-0.1, -0.05) is 24.3 Å². The largest absolute Gasteiger partial charge is 0.502 e. The summed E-state index contributed by atoms with van der Waals surface area (Å²) in [6.07, 6.45) is 2.94. The van der Waals surface area contributed by atoms with Crippen LogP contribution in [-0.4, -0.2) is 57.2 Å². The number of nitrogens with zero attached hydrogens (tertiary/aromatic N) is 2. The molecule has 0 radical (unpaired) electrons. The molecule has 226 valence electrons. The molecule has 0 aliphatic carbocycles. The molecule has 0 saturated heterocycles. The Morgan fingerprint density at radius 2 is 1.45 bits per heavy atom. The van der Waals surface area contributed by atoms with Gasteiger partial charge in [0.1, 0.15) is 11.5 Å². The predicted octanol–water partition coefficient (Wildman–Crippen LogP) is 6.68. The van der Waals surface area contributed by atoms with Crippen molar-refractivity contribution in [3.63, 3.8) is 0 Å². The summed E-state index contributed by atoms with van der Waals surface area (Å²) in [7, 11) is 7.03. The van der Waals surface area contributed by atoms with E-state index in [2.05, 4.69) is 42.3 Å². The molecule has 0 amide bonds. The number of phenols is 1. The van der Waals surface area contributed by atoms with Gasteiger partial charge in [0.15, 0.2) is 23.0 Å². The monoisotopic (exact) mass is 592 g/mol. The third-order valence-corrected chi connectivity index (χ3v) is 8.93. The molecule has 0 aromatic heterocycles. The van der Waals surface area contributed by atoms with Gasteiger partial charge in [0.2, 0.25) is 11.5 Å². The van der Waals surface area contributed by atoms with Crippen LogP contribution in [0.5, 0.6) is 46.0 Å². The molecule has 4 aromatic carbocycles. The second-order valence-corrected chi connectivity index (χ2v) is 11.5. The first kappa shape index (κ1) is 28.1. The summed E-state index contributed by atoms with van der Waals surface area (Å²) in [6, 6.07) is 20.2. The van der Waals surface area contributed by atoms with Gasteiger partial charge in [-0.05, 0) is 85.0 Å². The maximum atomic E-state index is 11.3. The van der Waals surface area contributed by atoms with Gasteiger partial charge in [0.25, 0.3) is 0 Å². The Hall–Kier alpha value is -4.69. The third-order valence-electron chi connectivity index (χ3n) is 8.93. The van der Waals surface area contributed by atoms with E-state index in [0.717, 1.165) is 59.3 Å². The summed E-state index contributed by atoms with van der Waals surface area (Å²) in [4.78, 5) is 7.26. The molecule has 0 unspecified atom stereocenters. The van der Waals surface area contributed by atoms with Crippen molar-refractivity contribution >= 4 is 5.71 Å². The van der Waals surface area contributed by atoms with Gasteiger partial charge in [-0.15, -0.1) is 0 Å². The lowest BCUT2D eigenvalue weighted by Crippen LogP contribution is -2.34. The van der Waals surface area contributed by atoms with Crippen LogP contribution in [0, 0.1) is 0 Å². The van der Waals surface area contributed by atoms with E-state index in [4.69, 9.17) is 28.7 Å². The molecule has 8 nitrogen and oxygen atoms in total. The van der Waals surface area contributed by atoms with Crippen LogP contribution in [0.4, 0.5) is 0 Å². The summed E-state index contributed by atoms with van der Waals surface area (Å²) in [5.74, 6) is 4.01. The quantitative estimate of drug-likeness (QED) is 0.284. The van der Waals surface area contributed by atoms with Crippen molar-refractivity contribution in [2.45, 2.75) is 31.7 Å². The lowest BCUT2D eigenvalue weighted by atomic mass is 9.87. The van der Waals surface area contributed by atoms with Gasteiger partial charge in [0, 0.05) is 36.7 Å². The molecule has 0 fully saturated rings. The first-order valence-corrected chi connectivity index (χ1v) is 15.0. The number of hydrogen-bond donors (Lipinski definition) is 1. The Morgan fingerprint density at radius 3 is 2.14 bits per heavy atom. The number of rotatable bonds is 3. The maximum absolute atomic E-state index is 11.3. The van der Waals surface area contributed by atoms with Gasteiger partial charge in [-0.3, -0.25) is 9.89 Å². The highest BCUT2D eigenvalue weighted by atomic mass is 16.5. The van der Waals surface area contributed by atoms with E-state index in [-0.39, 0.29) is 11.8 Å².